The molecule has 0 bridgehead atoms. The summed E-state index contributed by atoms with van der Waals surface area (Å²) >= 11 is 8.06. The van der Waals surface area contributed by atoms with E-state index in [0.717, 1.165) is 9.26 Å². The fraction of sp³-hybridized carbons (Fsp3) is 0.143. The van der Waals surface area contributed by atoms with Gasteiger partial charge in [0.15, 0.2) is 0 Å². The third kappa shape index (κ3) is 3.51. The number of phenols is 1. The molecule has 1 atom stereocenters. The van der Waals surface area contributed by atoms with Crippen molar-refractivity contribution in [1.82, 2.24) is 0 Å². The first-order valence-electron chi connectivity index (χ1n) is 5.67. The topological polar surface area (TPSA) is 32.3 Å². The van der Waals surface area contributed by atoms with E-state index in [9.17, 15) is 9.50 Å². The maximum Gasteiger partial charge on any atom is 0.123 e. The van der Waals surface area contributed by atoms with Crippen molar-refractivity contribution in [3.63, 3.8) is 0 Å². The Morgan fingerprint density at radius 3 is 2.68 bits per heavy atom. The van der Waals surface area contributed by atoms with Gasteiger partial charge in [-0.25, -0.2) is 4.39 Å². The third-order valence-corrected chi connectivity index (χ3v) is 3.89. The van der Waals surface area contributed by atoms with Crippen LogP contribution in [0.3, 0.4) is 0 Å². The molecule has 0 radical (unpaired) electrons. The molecular weight excluding hydrogens is 380 g/mol. The minimum atomic E-state index is -0.368. The summed E-state index contributed by atoms with van der Waals surface area (Å²) in [6.45, 7) is 1.86. The van der Waals surface area contributed by atoms with Crippen molar-refractivity contribution in [2.75, 3.05) is 5.32 Å². The molecule has 1 unspecified atom stereocenters. The van der Waals surface area contributed by atoms with Gasteiger partial charge in [-0.2, -0.15) is 0 Å². The van der Waals surface area contributed by atoms with Crippen molar-refractivity contribution in [3.05, 3.63) is 56.4 Å². The Hall–Kier alpha value is -1.01. The summed E-state index contributed by atoms with van der Waals surface area (Å²) in [6.07, 6.45) is 0. The molecule has 19 heavy (non-hydrogen) atoms. The second-order valence-electron chi connectivity index (χ2n) is 4.19. The van der Waals surface area contributed by atoms with Crippen LogP contribution < -0.4 is 5.32 Å². The maximum atomic E-state index is 13.2. The largest absolute Gasteiger partial charge is 0.508 e. The SMILES string of the molecule is CC(Nc1ccc(Cl)cc1I)c1cc(F)ccc1O. The number of rotatable bonds is 3. The Balaban J connectivity index is 2.25. The van der Waals surface area contributed by atoms with Gasteiger partial charge >= 0.3 is 0 Å². The Morgan fingerprint density at radius 1 is 1.26 bits per heavy atom. The van der Waals surface area contributed by atoms with Crippen LogP contribution in [0, 0.1) is 9.39 Å². The van der Waals surface area contributed by atoms with Gasteiger partial charge in [0, 0.05) is 19.8 Å². The summed E-state index contributed by atoms with van der Waals surface area (Å²) in [7, 11) is 0. The summed E-state index contributed by atoms with van der Waals surface area (Å²) in [6, 6.07) is 9.18. The lowest BCUT2D eigenvalue weighted by molar-refractivity contribution is 0.462. The van der Waals surface area contributed by atoms with Gasteiger partial charge in [0.05, 0.1) is 6.04 Å². The molecule has 0 aliphatic carbocycles. The zero-order chi connectivity index (χ0) is 14.0. The van der Waals surface area contributed by atoms with Crippen molar-refractivity contribution in [1.29, 1.82) is 0 Å². The molecule has 0 saturated carbocycles. The molecule has 2 rings (SSSR count). The second kappa shape index (κ2) is 5.96. The van der Waals surface area contributed by atoms with E-state index < -0.39 is 0 Å². The highest BCUT2D eigenvalue weighted by Gasteiger charge is 2.12. The highest BCUT2D eigenvalue weighted by atomic mass is 127. The number of phenolic OH excluding ortho intramolecular Hbond substituents is 1. The Kier molecular flexibility index (Phi) is 4.52. The lowest BCUT2D eigenvalue weighted by atomic mass is 10.1. The van der Waals surface area contributed by atoms with Gasteiger partial charge < -0.3 is 10.4 Å². The van der Waals surface area contributed by atoms with Gasteiger partial charge in [-0.3, -0.25) is 0 Å². The predicted molar refractivity (Wildman–Crippen MR) is 84.3 cm³/mol. The van der Waals surface area contributed by atoms with Gasteiger partial charge in [-0.15, -0.1) is 0 Å². The number of anilines is 1. The Labute approximate surface area is 129 Å². The van der Waals surface area contributed by atoms with Crippen molar-refractivity contribution in [3.8, 4) is 5.75 Å². The molecule has 0 heterocycles. The molecule has 0 spiro atoms. The summed E-state index contributed by atoms with van der Waals surface area (Å²) in [5.74, 6) is -0.294. The standard InChI is InChI=1S/C14H12ClFINO/c1-8(11-7-10(16)3-5-14(11)19)18-13-4-2-9(15)6-12(13)17/h2-8,18-19H,1H3. The lowest BCUT2D eigenvalue weighted by Crippen LogP contribution is -2.08. The summed E-state index contributed by atoms with van der Waals surface area (Å²) < 4.78 is 14.2. The number of hydrogen-bond acceptors (Lipinski definition) is 2. The van der Waals surface area contributed by atoms with E-state index in [1.54, 1.807) is 6.07 Å². The van der Waals surface area contributed by atoms with Crippen LogP contribution in [0.5, 0.6) is 5.75 Å². The normalized spacial score (nSPS) is 12.2. The molecule has 0 fully saturated rings. The van der Waals surface area contributed by atoms with E-state index in [1.165, 1.54) is 18.2 Å². The van der Waals surface area contributed by atoms with E-state index in [2.05, 4.69) is 27.9 Å². The average Bonchev–Trinajstić information content (AvgIpc) is 2.35. The monoisotopic (exact) mass is 391 g/mol. The van der Waals surface area contributed by atoms with Gasteiger partial charge in [0.1, 0.15) is 11.6 Å². The van der Waals surface area contributed by atoms with Crippen LogP contribution in [0.1, 0.15) is 18.5 Å². The number of hydrogen-bond donors (Lipinski definition) is 2. The van der Waals surface area contributed by atoms with E-state index in [-0.39, 0.29) is 17.6 Å². The summed E-state index contributed by atoms with van der Waals surface area (Å²) in [4.78, 5) is 0. The molecule has 2 aromatic rings. The molecule has 0 aliphatic rings. The van der Waals surface area contributed by atoms with Gasteiger partial charge in [-0.05, 0) is 65.9 Å². The molecule has 2 nitrogen and oxygen atoms in total. The fourth-order valence-corrected chi connectivity index (χ4v) is 2.82. The van der Waals surface area contributed by atoms with E-state index in [1.807, 2.05) is 19.1 Å². The molecule has 5 heteroatoms. The van der Waals surface area contributed by atoms with Gasteiger partial charge in [0.2, 0.25) is 0 Å². The zero-order valence-corrected chi connectivity index (χ0v) is 13.0. The fourth-order valence-electron chi connectivity index (χ4n) is 1.79. The van der Waals surface area contributed by atoms with Crippen LogP contribution in [0.2, 0.25) is 5.02 Å². The highest BCUT2D eigenvalue weighted by molar-refractivity contribution is 14.1. The average molecular weight is 392 g/mol. The summed E-state index contributed by atoms with van der Waals surface area (Å²) in [5, 5.41) is 13.7. The zero-order valence-electron chi connectivity index (χ0n) is 10.1. The molecule has 2 N–H and O–H groups in total. The van der Waals surface area contributed by atoms with Crippen LogP contribution in [-0.4, -0.2) is 5.11 Å². The number of benzene rings is 2. The number of aromatic hydroxyl groups is 1. The Bertz CT molecular complexity index is 606. The first kappa shape index (κ1) is 14.4. The smallest absolute Gasteiger partial charge is 0.123 e. The third-order valence-electron chi connectivity index (χ3n) is 2.76. The van der Waals surface area contributed by atoms with Crippen LogP contribution >= 0.6 is 34.2 Å². The first-order valence-corrected chi connectivity index (χ1v) is 7.13. The Morgan fingerprint density at radius 2 is 2.00 bits per heavy atom. The van der Waals surface area contributed by atoms with Crippen LogP contribution in [0.4, 0.5) is 10.1 Å². The molecule has 0 aliphatic heterocycles. The van der Waals surface area contributed by atoms with E-state index >= 15 is 0 Å². The molecule has 0 amide bonds. The first-order chi connectivity index (χ1) is 8.97. The molecule has 2 aromatic carbocycles. The molecule has 100 valence electrons. The molecule has 0 aromatic heterocycles. The van der Waals surface area contributed by atoms with Gasteiger partial charge in [-0.1, -0.05) is 11.6 Å². The van der Waals surface area contributed by atoms with Crippen LogP contribution in [-0.2, 0) is 0 Å². The molecular formula is C14H12ClFINO. The predicted octanol–water partition coefficient (Wildman–Crippen LogP) is 4.96. The van der Waals surface area contributed by atoms with E-state index in [0.29, 0.717) is 10.6 Å². The van der Waals surface area contributed by atoms with Crippen LogP contribution in [0.25, 0.3) is 0 Å². The number of halogens is 3. The van der Waals surface area contributed by atoms with Crippen molar-refractivity contribution >= 4 is 39.9 Å². The lowest BCUT2D eigenvalue weighted by Gasteiger charge is -2.18. The minimum absolute atomic E-state index is 0.0744. The number of nitrogens with one attached hydrogen (secondary N) is 1. The van der Waals surface area contributed by atoms with Crippen molar-refractivity contribution < 1.29 is 9.50 Å². The summed E-state index contributed by atoms with van der Waals surface area (Å²) in [5.41, 5.74) is 1.41. The molecule has 0 saturated heterocycles. The van der Waals surface area contributed by atoms with E-state index in [4.69, 9.17) is 11.6 Å². The van der Waals surface area contributed by atoms with Crippen LogP contribution in [0.15, 0.2) is 36.4 Å². The maximum absolute atomic E-state index is 13.2. The second-order valence-corrected chi connectivity index (χ2v) is 5.79. The van der Waals surface area contributed by atoms with Crippen molar-refractivity contribution in [2.45, 2.75) is 13.0 Å². The quantitative estimate of drug-likeness (QED) is 0.725. The van der Waals surface area contributed by atoms with Crippen molar-refractivity contribution in [2.24, 2.45) is 0 Å². The highest BCUT2D eigenvalue weighted by Crippen LogP contribution is 2.30. The minimum Gasteiger partial charge on any atom is -0.508 e. The van der Waals surface area contributed by atoms with Gasteiger partial charge in [0.25, 0.3) is 0 Å².